The number of carbonyl (C=O) groups is 1. The summed E-state index contributed by atoms with van der Waals surface area (Å²) in [5.41, 5.74) is 0.716. The second-order valence-corrected chi connectivity index (χ2v) is 4.14. The van der Waals surface area contributed by atoms with Crippen LogP contribution in [0.25, 0.3) is 0 Å². The third kappa shape index (κ3) is 2.57. The number of benzene rings is 1. The highest BCUT2D eigenvalue weighted by Gasteiger charge is 2.20. The lowest BCUT2D eigenvalue weighted by atomic mass is 10.1. The first kappa shape index (κ1) is 11.9. The highest BCUT2D eigenvalue weighted by Crippen LogP contribution is 2.17. The Bertz CT molecular complexity index is 476. The molecule has 2 rings (SSSR count). The predicted octanol–water partition coefficient (Wildman–Crippen LogP) is 1.68. The maximum Gasteiger partial charge on any atom is 0.255 e. The molecule has 0 saturated carbocycles. The largest absolute Gasteiger partial charge is 0.378 e. The van der Waals surface area contributed by atoms with Crippen LogP contribution in [0.4, 0.5) is 0 Å². The minimum atomic E-state index is -0.137. The van der Waals surface area contributed by atoms with Crippen LogP contribution in [0, 0.1) is 11.3 Å². The number of nitriles is 1. The van der Waals surface area contributed by atoms with Crippen molar-refractivity contribution < 1.29 is 9.53 Å². The second-order valence-electron chi connectivity index (χ2n) is 3.71. The number of hydrogen-bond donors (Lipinski definition) is 0. The third-order valence-electron chi connectivity index (χ3n) is 2.63. The monoisotopic (exact) mass is 250 g/mol. The average molecular weight is 251 g/mol. The fourth-order valence-electron chi connectivity index (χ4n) is 1.73. The van der Waals surface area contributed by atoms with E-state index in [2.05, 4.69) is 0 Å². The van der Waals surface area contributed by atoms with Gasteiger partial charge >= 0.3 is 0 Å². The van der Waals surface area contributed by atoms with Gasteiger partial charge in [-0.05, 0) is 18.2 Å². The summed E-state index contributed by atoms with van der Waals surface area (Å²) < 4.78 is 5.18. The topological polar surface area (TPSA) is 53.3 Å². The molecule has 1 aliphatic heterocycles. The molecule has 4 nitrogen and oxygen atoms in total. The van der Waals surface area contributed by atoms with Crippen LogP contribution in [0.5, 0.6) is 0 Å². The van der Waals surface area contributed by atoms with Crippen LogP contribution in [0.15, 0.2) is 18.2 Å². The maximum absolute atomic E-state index is 12.2. The smallest absolute Gasteiger partial charge is 0.255 e. The van der Waals surface area contributed by atoms with E-state index in [4.69, 9.17) is 21.6 Å². The first-order chi connectivity index (χ1) is 8.22. The van der Waals surface area contributed by atoms with E-state index in [1.165, 1.54) is 6.07 Å². The Morgan fingerprint density at radius 2 is 2.12 bits per heavy atom. The summed E-state index contributed by atoms with van der Waals surface area (Å²) in [5, 5.41) is 9.44. The van der Waals surface area contributed by atoms with E-state index >= 15 is 0 Å². The van der Waals surface area contributed by atoms with E-state index in [-0.39, 0.29) is 5.91 Å². The lowest BCUT2D eigenvalue weighted by molar-refractivity contribution is 0.0302. The molecule has 0 aliphatic carbocycles. The molecule has 0 unspecified atom stereocenters. The number of carbonyl (C=O) groups excluding carboxylic acids is 1. The van der Waals surface area contributed by atoms with Gasteiger partial charge < -0.3 is 9.64 Å². The fraction of sp³-hybridized carbons (Fsp3) is 0.333. The Kier molecular flexibility index (Phi) is 3.62. The molecule has 0 atom stereocenters. The van der Waals surface area contributed by atoms with Crippen LogP contribution in [-0.2, 0) is 4.74 Å². The van der Waals surface area contributed by atoms with Crippen molar-refractivity contribution in [2.24, 2.45) is 0 Å². The van der Waals surface area contributed by atoms with Crippen molar-refractivity contribution in [3.05, 3.63) is 34.3 Å². The Morgan fingerprint density at radius 1 is 1.41 bits per heavy atom. The minimum absolute atomic E-state index is 0.137. The summed E-state index contributed by atoms with van der Waals surface area (Å²) in [4.78, 5) is 13.9. The fourth-order valence-corrected chi connectivity index (χ4v) is 1.90. The molecule has 1 aliphatic rings. The van der Waals surface area contributed by atoms with Crippen molar-refractivity contribution in [1.82, 2.24) is 4.90 Å². The van der Waals surface area contributed by atoms with E-state index in [1.807, 2.05) is 6.07 Å². The number of nitrogens with zero attached hydrogens (tertiary/aromatic N) is 2. The minimum Gasteiger partial charge on any atom is -0.378 e. The van der Waals surface area contributed by atoms with Gasteiger partial charge in [-0.3, -0.25) is 4.79 Å². The number of morpholine rings is 1. The molecule has 0 spiro atoms. The van der Waals surface area contributed by atoms with Gasteiger partial charge in [0.2, 0.25) is 0 Å². The summed E-state index contributed by atoms with van der Waals surface area (Å²) in [6.07, 6.45) is 0. The SMILES string of the molecule is N#Cc1cc(Cl)ccc1C(=O)N1CCOCC1. The lowest BCUT2D eigenvalue weighted by Gasteiger charge is -2.27. The summed E-state index contributed by atoms with van der Waals surface area (Å²) in [5.74, 6) is -0.137. The molecule has 1 saturated heterocycles. The van der Waals surface area contributed by atoms with Crippen molar-refractivity contribution in [2.75, 3.05) is 26.3 Å². The molecule has 1 heterocycles. The first-order valence-electron chi connectivity index (χ1n) is 5.29. The van der Waals surface area contributed by atoms with E-state index in [0.717, 1.165) is 0 Å². The zero-order chi connectivity index (χ0) is 12.3. The standard InChI is InChI=1S/C12H11ClN2O2/c13-10-1-2-11(9(7-10)8-14)12(16)15-3-5-17-6-4-15/h1-2,7H,3-6H2. The zero-order valence-corrected chi connectivity index (χ0v) is 9.91. The van der Waals surface area contributed by atoms with Crippen LogP contribution in [-0.4, -0.2) is 37.1 Å². The zero-order valence-electron chi connectivity index (χ0n) is 9.15. The van der Waals surface area contributed by atoms with Crippen molar-refractivity contribution in [3.8, 4) is 6.07 Å². The van der Waals surface area contributed by atoms with Crippen molar-refractivity contribution >= 4 is 17.5 Å². The second kappa shape index (κ2) is 5.17. The molecule has 88 valence electrons. The van der Waals surface area contributed by atoms with Crippen LogP contribution in [0.3, 0.4) is 0 Å². The first-order valence-corrected chi connectivity index (χ1v) is 5.67. The summed E-state index contributed by atoms with van der Waals surface area (Å²) in [7, 11) is 0. The van der Waals surface area contributed by atoms with Crippen LogP contribution in [0.2, 0.25) is 5.02 Å². The quantitative estimate of drug-likeness (QED) is 0.762. The Morgan fingerprint density at radius 3 is 2.76 bits per heavy atom. The molecule has 0 radical (unpaired) electrons. The normalized spacial score (nSPS) is 15.4. The van der Waals surface area contributed by atoms with Gasteiger partial charge in [-0.2, -0.15) is 5.26 Å². The number of rotatable bonds is 1. The maximum atomic E-state index is 12.2. The highest BCUT2D eigenvalue weighted by atomic mass is 35.5. The summed E-state index contributed by atoms with van der Waals surface area (Å²) >= 11 is 5.79. The molecule has 1 aromatic rings. The van der Waals surface area contributed by atoms with E-state index in [9.17, 15) is 4.79 Å². The van der Waals surface area contributed by atoms with E-state index in [0.29, 0.717) is 42.5 Å². The van der Waals surface area contributed by atoms with Gasteiger partial charge in [0.15, 0.2) is 0 Å². The highest BCUT2D eigenvalue weighted by molar-refractivity contribution is 6.30. The van der Waals surface area contributed by atoms with E-state index in [1.54, 1.807) is 17.0 Å². The van der Waals surface area contributed by atoms with Gasteiger partial charge in [0, 0.05) is 18.1 Å². The van der Waals surface area contributed by atoms with Gasteiger partial charge in [0.05, 0.1) is 24.3 Å². The molecular formula is C12H11ClN2O2. The summed E-state index contributed by atoms with van der Waals surface area (Å²) in [6.45, 7) is 2.21. The molecule has 0 aromatic heterocycles. The van der Waals surface area contributed by atoms with Gasteiger partial charge in [0.25, 0.3) is 5.91 Å². The van der Waals surface area contributed by atoms with Crippen LogP contribution < -0.4 is 0 Å². The van der Waals surface area contributed by atoms with Gasteiger partial charge in [0.1, 0.15) is 6.07 Å². The van der Waals surface area contributed by atoms with Gasteiger partial charge in [-0.25, -0.2) is 0 Å². The van der Waals surface area contributed by atoms with Gasteiger partial charge in [-0.1, -0.05) is 11.6 Å². The third-order valence-corrected chi connectivity index (χ3v) is 2.87. The van der Waals surface area contributed by atoms with E-state index < -0.39 is 0 Å². The number of ether oxygens (including phenoxy) is 1. The van der Waals surface area contributed by atoms with Crippen molar-refractivity contribution in [1.29, 1.82) is 5.26 Å². The Labute approximate surface area is 104 Å². The molecule has 1 amide bonds. The number of hydrogen-bond acceptors (Lipinski definition) is 3. The lowest BCUT2D eigenvalue weighted by Crippen LogP contribution is -2.40. The van der Waals surface area contributed by atoms with Gasteiger partial charge in [-0.15, -0.1) is 0 Å². The Balaban J connectivity index is 2.27. The molecule has 0 bridgehead atoms. The number of amides is 1. The molecule has 17 heavy (non-hydrogen) atoms. The van der Waals surface area contributed by atoms with Crippen LogP contribution in [0.1, 0.15) is 15.9 Å². The van der Waals surface area contributed by atoms with Crippen molar-refractivity contribution in [2.45, 2.75) is 0 Å². The molecule has 0 N–H and O–H groups in total. The van der Waals surface area contributed by atoms with Crippen LogP contribution >= 0.6 is 11.6 Å². The number of halogens is 1. The predicted molar refractivity (Wildman–Crippen MR) is 62.9 cm³/mol. The Hall–Kier alpha value is -1.57. The molecule has 1 aromatic carbocycles. The molecular weight excluding hydrogens is 240 g/mol. The molecule has 1 fully saturated rings. The summed E-state index contributed by atoms with van der Waals surface area (Å²) in [6, 6.07) is 6.72. The molecule has 5 heteroatoms. The average Bonchev–Trinajstić information content (AvgIpc) is 2.39. The van der Waals surface area contributed by atoms with Crippen molar-refractivity contribution in [3.63, 3.8) is 0 Å².